The lowest BCUT2D eigenvalue weighted by Crippen LogP contribution is -2.48. The smallest absolute Gasteiger partial charge is 0.321 e. The zero-order valence-electron chi connectivity index (χ0n) is 16.0. The number of nitrogens with zero attached hydrogens (tertiary/aromatic N) is 2. The Morgan fingerprint density at radius 2 is 1.66 bits per heavy atom. The molecule has 1 aromatic heterocycles. The Morgan fingerprint density at radius 1 is 0.897 bits per heavy atom. The van der Waals surface area contributed by atoms with Crippen LogP contribution in [0.4, 0.5) is 21.0 Å². The maximum absolute atomic E-state index is 12.7. The van der Waals surface area contributed by atoms with Crippen molar-refractivity contribution in [1.29, 1.82) is 0 Å². The van der Waals surface area contributed by atoms with Gasteiger partial charge in [-0.15, -0.1) is 0 Å². The van der Waals surface area contributed by atoms with Crippen molar-refractivity contribution >= 4 is 34.3 Å². The molecule has 3 aromatic rings. The Morgan fingerprint density at radius 3 is 2.45 bits per heavy atom. The number of piperidine rings is 1. The highest BCUT2D eigenvalue weighted by Crippen LogP contribution is 2.21. The molecule has 0 atom stereocenters. The number of aromatic nitrogens is 1. The summed E-state index contributed by atoms with van der Waals surface area (Å²) < 4.78 is 0. The lowest BCUT2D eigenvalue weighted by molar-refractivity contribution is 0.189. The van der Waals surface area contributed by atoms with Crippen LogP contribution in [0.15, 0.2) is 66.9 Å². The number of carbonyl (C=O) groups excluding carboxylic acids is 2. The van der Waals surface area contributed by atoms with Crippen molar-refractivity contribution in [2.75, 3.05) is 23.7 Å². The fourth-order valence-electron chi connectivity index (χ4n) is 3.50. The summed E-state index contributed by atoms with van der Waals surface area (Å²) in [4.78, 5) is 31.0. The Hall–Kier alpha value is -3.61. The van der Waals surface area contributed by atoms with Gasteiger partial charge in [-0.25, -0.2) is 9.59 Å². The average Bonchev–Trinajstić information content (AvgIpc) is 2.75. The molecule has 3 N–H and O–H groups in total. The highest BCUT2D eigenvalue weighted by atomic mass is 16.2. The van der Waals surface area contributed by atoms with Crippen LogP contribution in [0.5, 0.6) is 0 Å². The molecule has 2 aromatic carbocycles. The molecule has 1 saturated heterocycles. The zero-order chi connectivity index (χ0) is 20.1. The number of fused-ring (bicyclic) bond motifs is 1. The molecule has 0 radical (unpaired) electrons. The second kappa shape index (κ2) is 8.60. The summed E-state index contributed by atoms with van der Waals surface area (Å²) in [5.41, 5.74) is 2.23. The second-order valence-corrected chi connectivity index (χ2v) is 7.04. The summed E-state index contributed by atoms with van der Waals surface area (Å²) in [6.07, 6.45) is 3.14. The van der Waals surface area contributed by atoms with E-state index in [4.69, 9.17) is 0 Å². The average molecular weight is 389 g/mol. The summed E-state index contributed by atoms with van der Waals surface area (Å²) in [6.45, 7) is 1.17. The van der Waals surface area contributed by atoms with E-state index in [9.17, 15) is 9.59 Å². The van der Waals surface area contributed by atoms with E-state index >= 15 is 0 Å². The largest absolute Gasteiger partial charge is 0.335 e. The van der Waals surface area contributed by atoms with Crippen molar-refractivity contribution < 1.29 is 9.59 Å². The number of nitrogens with one attached hydrogen (secondary N) is 3. The number of hydrogen-bond acceptors (Lipinski definition) is 3. The van der Waals surface area contributed by atoms with Gasteiger partial charge in [-0.3, -0.25) is 4.98 Å². The molecule has 0 spiro atoms. The normalized spacial score (nSPS) is 14.4. The van der Waals surface area contributed by atoms with Gasteiger partial charge in [0.05, 0.1) is 11.2 Å². The number of amides is 4. The fraction of sp³-hybridized carbons (Fsp3) is 0.227. The fourth-order valence-corrected chi connectivity index (χ4v) is 3.50. The molecular weight excluding hydrogens is 366 g/mol. The van der Waals surface area contributed by atoms with Crippen molar-refractivity contribution in [3.8, 4) is 0 Å². The van der Waals surface area contributed by atoms with Crippen LogP contribution < -0.4 is 16.0 Å². The summed E-state index contributed by atoms with van der Waals surface area (Å²) in [5, 5.41) is 9.76. The topological polar surface area (TPSA) is 86.4 Å². The van der Waals surface area contributed by atoms with Crippen LogP contribution in [0.2, 0.25) is 0 Å². The van der Waals surface area contributed by atoms with Gasteiger partial charge in [-0.2, -0.15) is 0 Å². The predicted octanol–water partition coefficient (Wildman–Crippen LogP) is 4.05. The van der Waals surface area contributed by atoms with E-state index in [0.29, 0.717) is 31.6 Å². The summed E-state index contributed by atoms with van der Waals surface area (Å²) in [6, 6.07) is 18.6. The van der Waals surface area contributed by atoms with Crippen LogP contribution in [0.1, 0.15) is 12.8 Å². The lowest BCUT2D eigenvalue weighted by atomic mass is 10.1. The first-order valence-corrected chi connectivity index (χ1v) is 9.71. The third-order valence-electron chi connectivity index (χ3n) is 5.02. The van der Waals surface area contributed by atoms with Gasteiger partial charge < -0.3 is 20.9 Å². The number of para-hydroxylation sites is 2. The first kappa shape index (κ1) is 18.7. The maximum atomic E-state index is 12.7. The number of carbonyl (C=O) groups is 2. The van der Waals surface area contributed by atoms with Crippen molar-refractivity contribution in [2.24, 2.45) is 0 Å². The van der Waals surface area contributed by atoms with Gasteiger partial charge in [0.1, 0.15) is 0 Å². The van der Waals surface area contributed by atoms with Crippen LogP contribution >= 0.6 is 0 Å². The first-order valence-electron chi connectivity index (χ1n) is 9.71. The Kier molecular flexibility index (Phi) is 5.56. The van der Waals surface area contributed by atoms with Gasteiger partial charge in [0, 0.05) is 36.4 Å². The van der Waals surface area contributed by atoms with Crippen molar-refractivity contribution in [1.82, 2.24) is 15.2 Å². The van der Waals surface area contributed by atoms with Crippen LogP contribution in [0.3, 0.4) is 0 Å². The predicted molar refractivity (Wildman–Crippen MR) is 114 cm³/mol. The van der Waals surface area contributed by atoms with Crippen molar-refractivity contribution in [2.45, 2.75) is 18.9 Å². The van der Waals surface area contributed by atoms with Gasteiger partial charge >= 0.3 is 12.1 Å². The highest BCUT2D eigenvalue weighted by molar-refractivity contribution is 5.99. The molecule has 148 valence electrons. The minimum absolute atomic E-state index is 0.0435. The number of anilines is 2. The monoisotopic (exact) mass is 389 g/mol. The first-order chi connectivity index (χ1) is 14.2. The van der Waals surface area contributed by atoms with Crippen molar-refractivity contribution in [3.63, 3.8) is 0 Å². The molecule has 0 aliphatic carbocycles. The van der Waals surface area contributed by atoms with Gasteiger partial charge in [-0.1, -0.05) is 36.4 Å². The summed E-state index contributed by atoms with van der Waals surface area (Å²) >= 11 is 0. The van der Waals surface area contributed by atoms with Gasteiger partial charge in [-0.05, 0) is 37.1 Å². The van der Waals surface area contributed by atoms with E-state index in [2.05, 4.69) is 20.9 Å². The second-order valence-electron chi connectivity index (χ2n) is 7.04. The Bertz CT molecular complexity index is 995. The standard InChI is InChI=1S/C22H23N5O2/c28-21(24-17-8-2-1-3-9-17)25-18-11-14-27(15-12-18)22(29)26-19-10-4-6-16-7-5-13-23-20(16)19/h1-10,13,18H,11-12,14-15H2,(H,26,29)(H2,24,25,28). The molecule has 7 nitrogen and oxygen atoms in total. The molecule has 1 fully saturated rings. The van der Waals surface area contributed by atoms with Crippen LogP contribution in [-0.4, -0.2) is 41.1 Å². The third-order valence-corrected chi connectivity index (χ3v) is 5.02. The van der Waals surface area contributed by atoms with Gasteiger partial charge in [0.25, 0.3) is 0 Å². The third kappa shape index (κ3) is 4.63. The number of urea groups is 2. The minimum atomic E-state index is -0.221. The van der Waals surface area contributed by atoms with Crippen LogP contribution in [-0.2, 0) is 0 Å². The molecule has 0 saturated carbocycles. The molecule has 29 heavy (non-hydrogen) atoms. The molecule has 2 heterocycles. The molecule has 4 amide bonds. The van der Waals surface area contributed by atoms with Gasteiger partial charge in [0.15, 0.2) is 0 Å². The molecule has 1 aliphatic heterocycles. The molecule has 0 bridgehead atoms. The number of hydrogen-bond donors (Lipinski definition) is 3. The molecule has 1 aliphatic rings. The van der Waals surface area contributed by atoms with Crippen LogP contribution in [0.25, 0.3) is 10.9 Å². The minimum Gasteiger partial charge on any atom is -0.335 e. The Balaban J connectivity index is 1.29. The zero-order valence-corrected chi connectivity index (χ0v) is 16.0. The Labute approximate surface area is 169 Å². The molecule has 0 unspecified atom stereocenters. The SMILES string of the molecule is O=C(Nc1ccccc1)NC1CCN(C(=O)Nc2cccc3cccnc23)CC1. The quantitative estimate of drug-likeness (QED) is 0.632. The number of rotatable bonds is 3. The number of likely N-dealkylation sites (tertiary alicyclic amines) is 1. The highest BCUT2D eigenvalue weighted by Gasteiger charge is 2.24. The summed E-state index contributed by atoms with van der Waals surface area (Å²) in [7, 11) is 0. The van der Waals surface area contributed by atoms with E-state index in [1.807, 2.05) is 60.7 Å². The molecule has 4 rings (SSSR count). The van der Waals surface area contributed by atoms with Crippen LogP contribution in [0, 0.1) is 0 Å². The molecular formula is C22H23N5O2. The van der Waals surface area contributed by atoms with Gasteiger partial charge in [0.2, 0.25) is 0 Å². The number of benzene rings is 2. The van der Waals surface area contributed by atoms with E-state index in [0.717, 1.165) is 16.6 Å². The number of pyridine rings is 1. The summed E-state index contributed by atoms with van der Waals surface area (Å²) in [5.74, 6) is 0. The van der Waals surface area contributed by atoms with E-state index in [-0.39, 0.29) is 18.1 Å². The van der Waals surface area contributed by atoms with E-state index in [1.54, 1.807) is 11.1 Å². The molecule has 7 heteroatoms. The lowest BCUT2D eigenvalue weighted by Gasteiger charge is -2.32. The maximum Gasteiger partial charge on any atom is 0.321 e. The van der Waals surface area contributed by atoms with Crippen molar-refractivity contribution in [3.05, 3.63) is 66.9 Å². The van der Waals surface area contributed by atoms with E-state index < -0.39 is 0 Å². The van der Waals surface area contributed by atoms with E-state index in [1.165, 1.54) is 0 Å².